The van der Waals surface area contributed by atoms with Crippen molar-refractivity contribution in [3.05, 3.63) is 89.5 Å². The predicted molar refractivity (Wildman–Crippen MR) is 147 cm³/mol. The lowest BCUT2D eigenvalue weighted by atomic mass is 9.93. The molecule has 1 unspecified atom stereocenters. The van der Waals surface area contributed by atoms with Crippen molar-refractivity contribution in [1.82, 2.24) is 9.62 Å². The maximum atomic E-state index is 10.7. The van der Waals surface area contributed by atoms with Crippen molar-refractivity contribution < 1.29 is 5.11 Å². The van der Waals surface area contributed by atoms with E-state index in [0.29, 0.717) is 19.0 Å². The lowest BCUT2D eigenvalue weighted by molar-refractivity contribution is 0.142. The first-order chi connectivity index (χ1) is 16.1. The molecule has 0 bridgehead atoms. The van der Waals surface area contributed by atoms with E-state index in [0.717, 1.165) is 6.42 Å². The van der Waals surface area contributed by atoms with Gasteiger partial charge in [-0.05, 0) is 86.5 Å². The van der Waals surface area contributed by atoms with Crippen molar-refractivity contribution in [2.75, 3.05) is 20.1 Å². The van der Waals surface area contributed by atoms with Crippen LogP contribution in [0, 0.1) is 6.92 Å². The van der Waals surface area contributed by atoms with Crippen LogP contribution in [0.2, 0.25) is 0 Å². The summed E-state index contributed by atoms with van der Waals surface area (Å²) in [6, 6.07) is 26.1. The summed E-state index contributed by atoms with van der Waals surface area (Å²) in [7, 11) is 2.04. The van der Waals surface area contributed by atoms with E-state index in [4.69, 9.17) is 0 Å². The van der Waals surface area contributed by atoms with Gasteiger partial charge < -0.3 is 10.4 Å². The van der Waals surface area contributed by atoms with Gasteiger partial charge in [-0.2, -0.15) is 0 Å². The minimum Gasteiger partial charge on any atom is -0.390 e. The molecule has 0 aliphatic carbocycles. The van der Waals surface area contributed by atoms with Gasteiger partial charge in [0.25, 0.3) is 0 Å². The van der Waals surface area contributed by atoms with Gasteiger partial charge in [-0.3, -0.25) is 0 Å². The Labute approximate surface area is 210 Å². The third kappa shape index (κ3) is 8.28. The molecule has 182 valence electrons. The molecule has 0 aliphatic rings. The zero-order chi connectivity index (χ0) is 24.7. The molecule has 0 radical (unpaired) electrons. The minimum absolute atomic E-state index is 0.0891. The minimum atomic E-state index is -0.444. The highest BCUT2D eigenvalue weighted by Gasteiger charge is 2.20. The fourth-order valence-electron chi connectivity index (χ4n) is 4.12. The molecule has 0 saturated heterocycles. The van der Waals surface area contributed by atoms with Gasteiger partial charge in [-0.15, -0.1) is 0 Å². The van der Waals surface area contributed by atoms with Gasteiger partial charge >= 0.3 is 0 Å². The maximum Gasteiger partial charge on any atom is 0.0800 e. The number of nitrogens with zero attached hydrogens (tertiary/aromatic N) is 1. The molecule has 4 heteroatoms. The summed E-state index contributed by atoms with van der Waals surface area (Å²) in [4.78, 5) is 1.17. The Morgan fingerprint density at radius 1 is 0.941 bits per heavy atom. The second kappa shape index (κ2) is 12.0. The summed E-state index contributed by atoms with van der Waals surface area (Å²) in [6.45, 7) is 12.1. The molecule has 3 aromatic carbocycles. The maximum absolute atomic E-state index is 10.7. The van der Waals surface area contributed by atoms with E-state index >= 15 is 0 Å². The van der Waals surface area contributed by atoms with Crippen LogP contribution in [0.5, 0.6) is 0 Å². The summed E-state index contributed by atoms with van der Waals surface area (Å²) in [6.07, 6.45) is 0.481. The first kappa shape index (κ1) is 26.5. The Balaban J connectivity index is 1.49. The van der Waals surface area contributed by atoms with Crippen molar-refractivity contribution in [2.24, 2.45) is 0 Å². The summed E-state index contributed by atoms with van der Waals surface area (Å²) in [5.74, 6) is 0.551. The van der Waals surface area contributed by atoms with E-state index in [-0.39, 0.29) is 5.54 Å². The molecule has 3 rings (SSSR count). The summed E-state index contributed by atoms with van der Waals surface area (Å²) in [5.41, 5.74) is 6.31. The number of β-amino-alcohol motifs (C(OH)–C–C–N with tert-alkyl or cyclic N) is 1. The van der Waals surface area contributed by atoms with Gasteiger partial charge in [-0.1, -0.05) is 80.1 Å². The highest BCUT2D eigenvalue weighted by atomic mass is 32.2. The number of aryl methyl sites for hydroxylation is 1. The molecule has 2 N–H and O–H groups in total. The van der Waals surface area contributed by atoms with E-state index in [1.807, 2.05) is 7.05 Å². The molecule has 3 aromatic rings. The van der Waals surface area contributed by atoms with Crippen LogP contribution in [0.3, 0.4) is 0 Å². The Hall–Kier alpha value is -2.11. The van der Waals surface area contributed by atoms with Gasteiger partial charge in [0.15, 0.2) is 0 Å². The van der Waals surface area contributed by atoms with Gasteiger partial charge in [0.2, 0.25) is 0 Å². The van der Waals surface area contributed by atoms with Crippen molar-refractivity contribution in [3.8, 4) is 11.1 Å². The Morgan fingerprint density at radius 3 is 2.24 bits per heavy atom. The molecule has 0 spiro atoms. The fourth-order valence-corrected chi connectivity index (χ4v) is 5.05. The molecule has 3 nitrogen and oxygen atoms in total. The van der Waals surface area contributed by atoms with Crippen molar-refractivity contribution in [1.29, 1.82) is 0 Å². The van der Waals surface area contributed by atoms with E-state index in [9.17, 15) is 5.11 Å². The normalized spacial score (nSPS) is 13.0. The number of nitrogens with one attached hydrogen (secondary N) is 1. The molecule has 0 fully saturated rings. The van der Waals surface area contributed by atoms with Gasteiger partial charge in [0.1, 0.15) is 0 Å². The SMILES string of the molecule is Cc1cccc(-c2cccc(SN(C)CC(O)CNC(C)(C)Cc3ccc(C(C)C)cc3)c2)c1. The first-order valence-corrected chi connectivity index (χ1v) is 13.0. The molecule has 0 heterocycles. The molecule has 0 aliphatic heterocycles. The molecule has 0 amide bonds. The Morgan fingerprint density at radius 2 is 1.59 bits per heavy atom. The summed E-state index contributed by atoms with van der Waals surface area (Å²) < 4.78 is 2.11. The lowest BCUT2D eigenvalue weighted by Crippen LogP contribution is -2.46. The molecule has 0 saturated carbocycles. The standard InChI is InChI=1S/C30H40N2OS/c1-22(2)25-15-13-24(14-16-25)19-30(4,5)31-20-28(33)21-32(6)34-29-12-8-11-27(18-29)26-10-7-9-23(3)17-26/h7-18,22,28,31,33H,19-21H2,1-6H3. The monoisotopic (exact) mass is 476 g/mol. The van der Waals surface area contributed by atoms with E-state index in [2.05, 4.69) is 117 Å². The molecule has 1 atom stereocenters. The molecule has 0 aromatic heterocycles. The zero-order valence-corrected chi connectivity index (χ0v) is 22.3. The first-order valence-electron chi connectivity index (χ1n) is 12.2. The average molecular weight is 477 g/mol. The largest absolute Gasteiger partial charge is 0.390 e. The van der Waals surface area contributed by atoms with Crippen LogP contribution in [0.1, 0.15) is 50.3 Å². The van der Waals surface area contributed by atoms with Crippen LogP contribution in [-0.2, 0) is 6.42 Å². The number of rotatable bonds is 11. The zero-order valence-electron chi connectivity index (χ0n) is 21.5. The van der Waals surface area contributed by atoms with Crippen LogP contribution in [0.25, 0.3) is 11.1 Å². The number of likely N-dealkylation sites (N-methyl/N-ethyl adjacent to an activating group) is 1. The van der Waals surface area contributed by atoms with Crippen LogP contribution >= 0.6 is 11.9 Å². The van der Waals surface area contributed by atoms with Crippen molar-refractivity contribution >= 4 is 11.9 Å². The molecular weight excluding hydrogens is 436 g/mol. The van der Waals surface area contributed by atoms with Crippen LogP contribution < -0.4 is 5.32 Å². The highest BCUT2D eigenvalue weighted by Crippen LogP contribution is 2.28. The highest BCUT2D eigenvalue weighted by molar-refractivity contribution is 7.97. The van der Waals surface area contributed by atoms with Crippen LogP contribution in [0.4, 0.5) is 0 Å². The summed E-state index contributed by atoms with van der Waals surface area (Å²) in [5, 5.41) is 14.2. The third-order valence-electron chi connectivity index (χ3n) is 6.02. The quantitative estimate of drug-likeness (QED) is 0.302. The third-order valence-corrected chi connectivity index (χ3v) is 6.95. The van der Waals surface area contributed by atoms with Crippen molar-refractivity contribution in [2.45, 2.75) is 63.5 Å². The van der Waals surface area contributed by atoms with Crippen LogP contribution in [-0.4, -0.2) is 41.2 Å². The second-order valence-electron chi connectivity index (χ2n) is 10.3. The lowest BCUT2D eigenvalue weighted by Gasteiger charge is -2.29. The van der Waals surface area contributed by atoms with E-state index in [1.165, 1.54) is 32.7 Å². The number of benzene rings is 3. The van der Waals surface area contributed by atoms with E-state index in [1.54, 1.807) is 11.9 Å². The second-order valence-corrected chi connectivity index (χ2v) is 11.6. The Bertz CT molecular complexity index is 1050. The smallest absolute Gasteiger partial charge is 0.0800 e. The van der Waals surface area contributed by atoms with Gasteiger partial charge in [0.05, 0.1) is 6.10 Å². The molecular formula is C30H40N2OS. The topological polar surface area (TPSA) is 35.5 Å². The fraction of sp³-hybridized carbons (Fsp3) is 0.400. The Kier molecular flexibility index (Phi) is 9.38. The average Bonchev–Trinajstić information content (AvgIpc) is 2.78. The number of hydrogen-bond acceptors (Lipinski definition) is 4. The predicted octanol–water partition coefficient (Wildman–Crippen LogP) is 6.70. The number of aliphatic hydroxyl groups excluding tert-OH is 1. The van der Waals surface area contributed by atoms with Gasteiger partial charge in [-0.25, -0.2) is 4.31 Å². The number of hydrogen-bond donors (Lipinski definition) is 2. The van der Waals surface area contributed by atoms with E-state index < -0.39 is 6.10 Å². The van der Waals surface area contributed by atoms with Crippen molar-refractivity contribution in [3.63, 3.8) is 0 Å². The molecule has 34 heavy (non-hydrogen) atoms. The van der Waals surface area contributed by atoms with Gasteiger partial charge in [0, 0.05) is 23.5 Å². The summed E-state index contributed by atoms with van der Waals surface area (Å²) >= 11 is 1.67. The number of aliphatic hydroxyl groups is 1. The van der Waals surface area contributed by atoms with Crippen LogP contribution in [0.15, 0.2) is 77.7 Å².